The number of hydrogen-bond acceptors (Lipinski definition) is 10. The monoisotopic (exact) mass is 902 g/mol. The summed E-state index contributed by atoms with van der Waals surface area (Å²) in [5, 5.41) is 10.5. The molecular formula is C42H64Br2O9S. The van der Waals surface area contributed by atoms with E-state index < -0.39 is 6.10 Å². The number of aliphatic hydroxyl groups is 1. The number of ether oxygens (including phenoxy) is 8. The van der Waals surface area contributed by atoms with Gasteiger partial charge in [0, 0.05) is 38.8 Å². The van der Waals surface area contributed by atoms with Gasteiger partial charge in [0.05, 0.1) is 38.6 Å². The highest BCUT2D eigenvalue weighted by atomic mass is 79.9. The van der Waals surface area contributed by atoms with Gasteiger partial charge >= 0.3 is 0 Å². The fourth-order valence-electron chi connectivity index (χ4n) is 8.29. The second-order valence-electron chi connectivity index (χ2n) is 15.6. The third-order valence-corrected chi connectivity index (χ3v) is 13.8. The van der Waals surface area contributed by atoms with Crippen LogP contribution >= 0.6 is 43.2 Å². The van der Waals surface area contributed by atoms with Crippen LogP contribution in [0.2, 0.25) is 0 Å². The van der Waals surface area contributed by atoms with E-state index in [2.05, 4.69) is 62.2 Å². The Balaban J connectivity index is 1.13. The molecule has 0 amide bonds. The van der Waals surface area contributed by atoms with Gasteiger partial charge < -0.3 is 43.0 Å². The quantitative estimate of drug-likeness (QED) is 0.101. The lowest BCUT2D eigenvalue weighted by Crippen LogP contribution is -2.31. The van der Waals surface area contributed by atoms with Crippen molar-refractivity contribution in [3.05, 3.63) is 43.5 Å². The molecule has 5 heterocycles. The largest absolute Gasteiger partial charge is 0.391 e. The predicted molar refractivity (Wildman–Crippen MR) is 217 cm³/mol. The Morgan fingerprint density at radius 3 is 2.02 bits per heavy atom. The standard InChI is InChI=1S/C42H64Br2O9S/c43-37-27-30(42(44)54-37)19-20-32(51-39-16-6-10-24-47-39)21-22-34-33(14-4-2-1-3-13-31(45)29-50-38-15-5-9-23-46-38)35(52-40-17-7-11-25-48-40)28-36(34)53-41-18-8-12-26-49-41/h2,4,21-22,27,31-36,38-41,45H,1,3,5-20,23-26,28-29H2/t31?,32-,33+,34+,35-,36+,38?,39?,40?,41?/m0/s1. The van der Waals surface area contributed by atoms with Crippen molar-refractivity contribution in [1.82, 2.24) is 0 Å². The SMILES string of the molecule is OC(CCCC=CC[C@@H]1[C@@H](C=C[C@H](CCc2cc(Br)sc2Br)OC2CCCCO2)[C@H](OC2CCCCO2)C[C@@H]1OC1CCCCO1)COC1CCCCO1. The molecule has 1 N–H and O–H groups in total. The first-order valence-electron chi connectivity index (χ1n) is 21.0. The van der Waals surface area contributed by atoms with E-state index in [9.17, 15) is 5.11 Å². The molecule has 10 atom stereocenters. The van der Waals surface area contributed by atoms with Crippen molar-refractivity contribution in [2.75, 3.05) is 33.0 Å². The molecule has 6 rings (SSSR count). The summed E-state index contributed by atoms with van der Waals surface area (Å²) in [5.74, 6) is 0.329. The first-order chi connectivity index (χ1) is 26.5. The summed E-state index contributed by atoms with van der Waals surface area (Å²) in [6, 6.07) is 2.20. The topological polar surface area (TPSA) is 94.1 Å². The van der Waals surface area contributed by atoms with Crippen LogP contribution in [-0.4, -0.2) is 87.7 Å². The Kier molecular flexibility index (Phi) is 19.3. The molecule has 5 unspecified atom stereocenters. The van der Waals surface area contributed by atoms with Crippen molar-refractivity contribution in [2.24, 2.45) is 11.8 Å². The molecule has 1 aromatic rings. The van der Waals surface area contributed by atoms with E-state index in [1.54, 1.807) is 11.3 Å². The van der Waals surface area contributed by atoms with Crippen LogP contribution < -0.4 is 0 Å². The van der Waals surface area contributed by atoms with Crippen molar-refractivity contribution >= 4 is 43.2 Å². The Labute approximate surface area is 344 Å². The number of aliphatic hydroxyl groups excluding tert-OH is 1. The fraction of sp³-hybridized carbons (Fsp3) is 0.810. The zero-order valence-electron chi connectivity index (χ0n) is 32.0. The van der Waals surface area contributed by atoms with E-state index >= 15 is 0 Å². The van der Waals surface area contributed by atoms with Crippen molar-refractivity contribution < 1.29 is 43.0 Å². The Bertz CT molecular complexity index is 1240. The Morgan fingerprint density at radius 1 is 0.778 bits per heavy atom. The van der Waals surface area contributed by atoms with Crippen LogP contribution in [0.5, 0.6) is 0 Å². The number of hydrogen-bond donors (Lipinski definition) is 1. The summed E-state index contributed by atoms with van der Waals surface area (Å²) in [6.07, 6.45) is 26.5. The second kappa shape index (κ2) is 24.0. The summed E-state index contributed by atoms with van der Waals surface area (Å²) >= 11 is 9.12. The molecule has 4 aliphatic heterocycles. The smallest absolute Gasteiger partial charge is 0.158 e. The molecule has 0 spiro atoms. The number of thiophene rings is 1. The number of unbranched alkanes of at least 4 members (excludes halogenated alkanes) is 1. The van der Waals surface area contributed by atoms with E-state index in [4.69, 9.17) is 37.9 Å². The van der Waals surface area contributed by atoms with Gasteiger partial charge in [-0.15, -0.1) is 11.3 Å². The molecule has 5 aliphatic rings. The zero-order valence-corrected chi connectivity index (χ0v) is 36.0. The van der Waals surface area contributed by atoms with Crippen LogP contribution in [0.1, 0.15) is 121 Å². The lowest BCUT2D eigenvalue weighted by Gasteiger charge is -2.30. The summed E-state index contributed by atoms with van der Waals surface area (Å²) in [5.41, 5.74) is 1.29. The van der Waals surface area contributed by atoms with Gasteiger partial charge in [0.1, 0.15) is 0 Å². The third kappa shape index (κ3) is 14.6. The minimum Gasteiger partial charge on any atom is -0.391 e. The molecule has 1 aliphatic carbocycles. The maximum Gasteiger partial charge on any atom is 0.158 e. The van der Waals surface area contributed by atoms with Crippen LogP contribution in [0, 0.1) is 11.8 Å². The second-order valence-corrected chi connectivity index (χ2v) is 19.3. The third-order valence-electron chi connectivity index (χ3n) is 11.3. The molecule has 1 saturated carbocycles. The minimum atomic E-state index is -0.474. The lowest BCUT2D eigenvalue weighted by molar-refractivity contribution is -0.203. The van der Waals surface area contributed by atoms with Gasteiger partial charge in [0.2, 0.25) is 0 Å². The zero-order chi connectivity index (χ0) is 37.4. The molecule has 306 valence electrons. The van der Waals surface area contributed by atoms with Gasteiger partial charge in [-0.2, -0.15) is 0 Å². The molecule has 12 heteroatoms. The number of allylic oxidation sites excluding steroid dienone is 2. The van der Waals surface area contributed by atoms with Gasteiger partial charge in [0.15, 0.2) is 25.2 Å². The summed E-state index contributed by atoms with van der Waals surface area (Å²) < 4.78 is 52.4. The summed E-state index contributed by atoms with van der Waals surface area (Å²) in [4.78, 5) is 0. The summed E-state index contributed by atoms with van der Waals surface area (Å²) in [7, 11) is 0. The van der Waals surface area contributed by atoms with Crippen LogP contribution in [0.3, 0.4) is 0 Å². The van der Waals surface area contributed by atoms with Gasteiger partial charge in [-0.25, -0.2) is 0 Å². The van der Waals surface area contributed by atoms with Crippen LogP contribution in [0.4, 0.5) is 0 Å². The highest BCUT2D eigenvalue weighted by Crippen LogP contribution is 2.42. The molecule has 0 radical (unpaired) electrons. The van der Waals surface area contributed by atoms with E-state index in [1.807, 2.05) is 0 Å². The van der Waals surface area contributed by atoms with E-state index in [-0.39, 0.29) is 55.3 Å². The molecule has 54 heavy (non-hydrogen) atoms. The van der Waals surface area contributed by atoms with Gasteiger partial charge in [-0.1, -0.05) is 24.3 Å². The van der Waals surface area contributed by atoms with Crippen LogP contribution in [0.25, 0.3) is 0 Å². The highest BCUT2D eigenvalue weighted by molar-refractivity contribution is 9.12. The molecule has 1 aromatic heterocycles. The molecule has 5 fully saturated rings. The number of aryl methyl sites for hydroxylation is 1. The van der Waals surface area contributed by atoms with Crippen molar-refractivity contribution in [3.8, 4) is 0 Å². The number of rotatable bonds is 20. The lowest BCUT2D eigenvalue weighted by atomic mass is 9.89. The predicted octanol–water partition coefficient (Wildman–Crippen LogP) is 10.2. The van der Waals surface area contributed by atoms with Crippen molar-refractivity contribution in [3.63, 3.8) is 0 Å². The highest BCUT2D eigenvalue weighted by Gasteiger charge is 2.45. The van der Waals surface area contributed by atoms with E-state index in [0.717, 1.165) is 150 Å². The van der Waals surface area contributed by atoms with Gasteiger partial charge in [-0.05, 0) is 165 Å². The average molecular weight is 905 g/mol. The van der Waals surface area contributed by atoms with Crippen LogP contribution in [-0.2, 0) is 44.3 Å². The molecule has 9 nitrogen and oxygen atoms in total. The summed E-state index contributed by atoms with van der Waals surface area (Å²) in [6.45, 7) is 3.34. The van der Waals surface area contributed by atoms with Crippen molar-refractivity contribution in [1.29, 1.82) is 0 Å². The molecule has 0 aromatic carbocycles. The van der Waals surface area contributed by atoms with Gasteiger partial charge in [0.25, 0.3) is 0 Å². The first kappa shape index (κ1) is 43.4. The Morgan fingerprint density at radius 2 is 1.41 bits per heavy atom. The maximum absolute atomic E-state index is 10.5. The number of halogens is 2. The average Bonchev–Trinajstić information content (AvgIpc) is 3.70. The first-order valence-corrected chi connectivity index (χ1v) is 23.4. The molecular weight excluding hydrogens is 840 g/mol. The van der Waals surface area contributed by atoms with Crippen molar-refractivity contribution in [2.45, 2.75) is 172 Å². The maximum atomic E-state index is 10.5. The van der Waals surface area contributed by atoms with Crippen LogP contribution in [0.15, 0.2) is 37.9 Å². The molecule has 4 saturated heterocycles. The molecule has 0 bridgehead atoms. The fourth-order valence-corrected chi connectivity index (χ4v) is 11.2. The van der Waals surface area contributed by atoms with E-state index in [0.29, 0.717) is 13.0 Å². The van der Waals surface area contributed by atoms with E-state index in [1.165, 1.54) is 5.56 Å². The Hall–Kier alpha value is -0.220. The minimum absolute atomic E-state index is 0.00197. The normalized spacial score (nSPS) is 32.4. The van der Waals surface area contributed by atoms with Gasteiger partial charge in [-0.3, -0.25) is 0 Å².